The summed E-state index contributed by atoms with van der Waals surface area (Å²) in [5, 5.41) is 17.2. The molecule has 3 amide bonds. The molecule has 31 heavy (non-hydrogen) atoms. The number of azo groups is 2. The Kier molecular flexibility index (Phi) is 4.80. The second-order valence-corrected chi connectivity index (χ2v) is 8.41. The van der Waals surface area contributed by atoms with Gasteiger partial charge in [-0.05, 0) is 39.5 Å². The number of carbonyl (C=O) groups excluding carboxylic acids is 3. The van der Waals surface area contributed by atoms with Crippen LogP contribution >= 0.6 is 11.3 Å². The average molecular weight is 432 g/mol. The third-order valence-electron chi connectivity index (χ3n) is 5.44. The van der Waals surface area contributed by atoms with Crippen molar-refractivity contribution in [1.82, 2.24) is 4.90 Å². The van der Waals surface area contributed by atoms with Gasteiger partial charge >= 0.3 is 5.91 Å². The van der Waals surface area contributed by atoms with Gasteiger partial charge in [0, 0.05) is 10.4 Å². The fourth-order valence-electron chi connectivity index (χ4n) is 3.98. The number of imide groups is 1. The van der Waals surface area contributed by atoms with Crippen LogP contribution in [0.4, 0.5) is 0 Å². The van der Waals surface area contributed by atoms with Gasteiger partial charge in [-0.15, -0.1) is 11.3 Å². The van der Waals surface area contributed by atoms with Crippen molar-refractivity contribution in [2.45, 2.75) is 12.1 Å². The van der Waals surface area contributed by atoms with Gasteiger partial charge in [0.2, 0.25) is 6.54 Å². The number of aliphatic hydroxyl groups is 1. The van der Waals surface area contributed by atoms with Crippen LogP contribution in [0.25, 0.3) is 0 Å². The van der Waals surface area contributed by atoms with Crippen LogP contribution in [0.2, 0.25) is 0 Å². The van der Waals surface area contributed by atoms with Gasteiger partial charge < -0.3 is 5.11 Å². The van der Waals surface area contributed by atoms with E-state index in [2.05, 4.69) is 5.11 Å². The molecule has 2 aliphatic heterocycles. The average Bonchev–Trinajstić information content (AvgIpc) is 3.40. The minimum Gasteiger partial charge on any atom is -0.385 e. The lowest BCUT2D eigenvalue weighted by molar-refractivity contribution is -0.514. The normalized spacial score (nSPS) is 18.6. The Morgan fingerprint density at radius 2 is 1.58 bits per heavy atom. The topological polar surface area (TPSA) is 90.0 Å². The molecule has 154 valence electrons. The molecule has 2 aromatic carbocycles. The Morgan fingerprint density at radius 3 is 2.23 bits per heavy atom. The number of hydrogen-bond acceptors (Lipinski definition) is 6. The SMILES string of the molecule is O=C1c2ccccc2C(=O)N1C[C@H](O)C[N+]1=NC(c2cccs2)c2ccccc2C1=O. The standard InChI is InChI=1S/C23H18N3O4S/c27-14(12-25-21(28)17-8-3-4-9-18(17)22(25)29)13-26-23(30)16-7-2-1-6-15(16)20(24-26)19-10-5-11-31-19/h1-11,14,20,27H,12-13H2/q+1/t14-,20?/m0/s1. The Morgan fingerprint density at radius 1 is 0.935 bits per heavy atom. The summed E-state index contributed by atoms with van der Waals surface area (Å²) in [4.78, 5) is 40.1. The van der Waals surface area contributed by atoms with Crippen molar-refractivity contribution in [3.63, 3.8) is 0 Å². The van der Waals surface area contributed by atoms with Crippen molar-refractivity contribution in [3.05, 3.63) is 93.2 Å². The molecule has 1 unspecified atom stereocenters. The Hall–Kier alpha value is -3.49. The zero-order valence-electron chi connectivity index (χ0n) is 16.3. The van der Waals surface area contributed by atoms with E-state index in [1.807, 2.05) is 29.6 Å². The number of hydrogen-bond donors (Lipinski definition) is 1. The Balaban J connectivity index is 1.39. The summed E-state index contributed by atoms with van der Waals surface area (Å²) in [5.41, 5.74) is 2.00. The van der Waals surface area contributed by atoms with Crippen LogP contribution in [0.15, 0.2) is 71.2 Å². The van der Waals surface area contributed by atoms with Gasteiger partial charge in [0.15, 0.2) is 6.04 Å². The van der Waals surface area contributed by atoms with Crippen molar-refractivity contribution in [2.75, 3.05) is 13.1 Å². The fraction of sp³-hybridized carbons (Fsp3) is 0.174. The molecule has 2 atom stereocenters. The van der Waals surface area contributed by atoms with Crippen molar-refractivity contribution in [2.24, 2.45) is 5.11 Å². The molecular weight excluding hydrogens is 414 g/mol. The minimum absolute atomic E-state index is 0.123. The monoisotopic (exact) mass is 432 g/mol. The third-order valence-corrected chi connectivity index (χ3v) is 6.37. The van der Waals surface area contributed by atoms with Gasteiger partial charge in [-0.2, -0.15) is 0 Å². The van der Waals surface area contributed by atoms with Crippen LogP contribution < -0.4 is 0 Å². The number of carbonyl (C=O) groups is 3. The summed E-state index contributed by atoms with van der Waals surface area (Å²) >= 11 is 1.54. The van der Waals surface area contributed by atoms with Gasteiger partial charge in [-0.3, -0.25) is 14.5 Å². The van der Waals surface area contributed by atoms with Crippen molar-refractivity contribution >= 4 is 29.1 Å². The number of β-amino-alcohol motifs (C(OH)–C–C–N with tert-alkyl or cyclic N) is 1. The lowest BCUT2D eigenvalue weighted by Crippen LogP contribution is -2.42. The van der Waals surface area contributed by atoms with Crippen LogP contribution in [0.3, 0.4) is 0 Å². The first-order chi connectivity index (χ1) is 15.0. The maximum Gasteiger partial charge on any atom is 0.444 e. The highest BCUT2D eigenvalue weighted by atomic mass is 32.1. The highest BCUT2D eigenvalue weighted by molar-refractivity contribution is 7.10. The molecule has 1 aromatic heterocycles. The first kappa shape index (κ1) is 19.5. The summed E-state index contributed by atoms with van der Waals surface area (Å²) in [7, 11) is 0. The number of thiophene rings is 1. The predicted octanol–water partition coefficient (Wildman–Crippen LogP) is 3.11. The zero-order valence-corrected chi connectivity index (χ0v) is 17.2. The van der Waals surface area contributed by atoms with Crippen molar-refractivity contribution in [3.8, 4) is 0 Å². The first-order valence-electron chi connectivity index (χ1n) is 9.83. The van der Waals surface area contributed by atoms with Crippen LogP contribution in [0, 0.1) is 0 Å². The molecule has 0 saturated carbocycles. The maximum absolute atomic E-state index is 13.0. The lowest BCUT2D eigenvalue weighted by atomic mass is 9.97. The van der Waals surface area contributed by atoms with Gasteiger partial charge in [0.25, 0.3) is 11.8 Å². The number of benzene rings is 2. The summed E-state index contributed by atoms with van der Waals surface area (Å²) in [6.45, 7) is -0.334. The van der Waals surface area contributed by atoms with E-state index >= 15 is 0 Å². The van der Waals surface area contributed by atoms with E-state index in [4.69, 9.17) is 0 Å². The van der Waals surface area contributed by atoms with Crippen LogP contribution in [-0.4, -0.2) is 51.6 Å². The number of rotatable bonds is 5. The molecule has 0 saturated heterocycles. The maximum atomic E-state index is 13.0. The van der Waals surface area contributed by atoms with Gasteiger partial charge in [0.1, 0.15) is 6.10 Å². The predicted molar refractivity (Wildman–Crippen MR) is 112 cm³/mol. The molecule has 0 radical (unpaired) electrons. The minimum atomic E-state index is -1.14. The van der Waals surface area contributed by atoms with Crippen molar-refractivity contribution in [1.29, 1.82) is 0 Å². The Bertz CT molecular complexity index is 1200. The zero-order chi connectivity index (χ0) is 21.5. The van der Waals surface area contributed by atoms with Crippen LogP contribution in [0.5, 0.6) is 0 Å². The molecule has 3 heterocycles. The quantitative estimate of drug-likeness (QED) is 0.496. The molecule has 1 N–H and O–H groups in total. The van der Waals surface area contributed by atoms with E-state index in [0.29, 0.717) is 16.7 Å². The van der Waals surface area contributed by atoms with Crippen LogP contribution in [-0.2, 0) is 0 Å². The second kappa shape index (κ2) is 7.64. The highest BCUT2D eigenvalue weighted by Crippen LogP contribution is 2.35. The number of nitrogens with zero attached hydrogens (tertiary/aromatic N) is 3. The molecule has 0 fully saturated rings. The molecule has 7 nitrogen and oxygen atoms in total. The second-order valence-electron chi connectivity index (χ2n) is 7.43. The Labute approximate surface area is 181 Å². The summed E-state index contributed by atoms with van der Waals surface area (Å²) in [6, 6.07) is 17.4. The molecule has 8 heteroatoms. The lowest BCUT2D eigenvalue weighted by Gasteiger charge is -2.19. The van der Waals surface area contributed by atoms with E-state index in [-0.39, 0.29) is 25.0 Å². The van der Waals surface area contributed by atoms with E-state index in [0.717, 1.165) is 15.3 Å². The molecule has 0 spiro atoms. The summed E-state index contributed by atoms with van der Waals surface area (Å²) in [5.74, 6) is -1.20. The van der Waals surface area contributed by atoms with E-state index in [1.165, 1.54) is 4.70 Å². The molecular formula is C23H18N3O4S+. The van der Waals surface area contributed by atoms with E-state index in [1.54, 1.807) is 47.7 Å². The largest absolute Gasteiger partial charge is 0.444 e. The van der Waals surface area contributed by atoms with E-state index < -0.39 is 17.9 Å². The molecule has 0 aliphatic carbocycles. The number of aliphatic hydroxyl groups excluding tert-OH is 1. The fourth-order valence-corrected chi connectivity index (χ4v) is 4.76. The summed E-state index contributed by atoms with van der Waals surface area (Å²) in [6.07, 6.45) is -1.14. The number of fused-ring (bicyclic) bond motifs is 2. The van der Waals surface area contributed by atoms with Crippen molar-refractivity contribution < 1.29 is 24.2 Å². The van der Waals surface area contributed by atoms with Gasteiger partial charge in [0.05, 0.1) is 23.2 Å². The first-order valence-corrected chi connectivity index (χ1v) is 10.7. The summed E-state index contributed by atoms with van der Waals surface area (Å²) < 4.78 is 1.25. The third kappa shape index (κ3) is 3.30. The van der Waals surface area contributed by atoms with E-state index in [9.17, 15) is 19.5 Å². The molecule has 2 aliphatic rings. The van der Waals surface area contributed by atoms with Crippen LogP contribution in [0.1, 0.15) is 47.6 Å². The van der Waals surface area contributed by atoms with Gasteiger partial charge in [-0.1, -0.05) is 36.4 Å². The molecule has 5 rings (SSSR count). The smallest absolute Gasteiger partial charge is 0.385 e. The molecule has 3 aromatic rings. The highest BCUT2D eigenvalue weighted by Gasteiger charge is 2.40. The van der Waals surface area contributed by atoms with Gasteiger partial charge in [-0.25, -0.2) is 4.79 Å². The molecule has 0 bridgehead atoms. The number of amides is 3.